The van der Waals surface area contributed by atoms with Crippen LogP contribution in [0.5, 0.6) is 0 Å². The molecule has 0 aromatic heterocycles. The van der Waals surface area contributed by atoms with Gasteiger partial charge in [0.1, 0.15) is 0 Å². The highest BCUT2D eigenvalue weighted by molar-refractivity contribution is 5.01. The third-order valence-electron chi connectivity index (χ3n) is 3.08. The molecular formula is C13H24O. The van der Waals surface area contributed by atoms with Crippen LogP contribution in [-0.4, -0.2) is 12.2 Å². The molecule has 0 unspecified atom stereocenters. The summed E-state index contributed by atoms with van der Waals surface area (Å²) < 4.78 is 6.01. The molecule has 0 bridgehead atoms. The Morgan fingerprint density at radius 1 is 1.43 bits per heavy atom. The van der Waals surface area contributed by atoms with Crippen molar-refractivity contribution in [1.29, 1.82) is 0 Å². The van der Waals surface area contributed by atoms with Crippen molar-refractivity contribution >= 4 is 0 Å². The number of rotatable bonds is 3. The van der Waals surface area contributed by atoms with Gasteiger partial charge in [-0.1, -0.05) is 26.0 Å². The molecule has 0 aliphatic carbocycles. The van der Waals surface area contributed by atoms with Crippen molar-refractivity contribution in [2.45, 2.75) is 59.2 Å². The van der Waals surface area contributed by atoms with Crippen LogP contribution in [0.1, 0.15) is 47.0 Å². The summed E-state index contributed by atoms with van der Waals surface area (Å²) in [5.74, 6) is 1.31. The molecule has 0 amide bonds. The maximum Gasteiger partial charge on any atom is 0.0646 e. The highest BCUT2D eigenvalue weighted by Crippen LogP contribution is 2.32. The first-order chi connectivity index (χ1) is 6.50. The Kier molecular flexibility index (Phi) is 4.18. The van der Waals surface area contributed by atoms with Crippen LogP contribution in [0.25, 0.3) is 0 Å². The fourth-order valence-corrected chi connectivity index (χ4v) is 2.31. The average molecular weight is 196 g/mol. The van der Waals surface area contributed by atoms with E-state index in [0.29, 0.717) is 24.0 Å². The van der Waals surface area contributed by atoms with Crippen LogP contribution >= 0.6 is 0 Å². The van der Waals surface area contributed by atoms with E-state index in [9.17, 15) is 0 Å². The molecule has 1 nitrogen and oxygen atoms in total. The Balaban J connectivity index is 2.59. The zero-order chi connectivity index (χ0) is 10.7. The zero-order valence-corrected chi connectivity index (χ0v) is 10.0. The van der Waals surface area contributed by atoms with Crippen molar-refractivity contribution in [2.24, 2.45) is 11.8 Å². The highest BCUT2D eigenvalue weighted by atomic mass is 16.5. The molecular weight excluding hydrogens is 172 g/mol. The quantitative estimate of drug-likeness (QED) is 0.624. The van der Waals surface area contributed by atoms with Gasteiger partial charge >= 0.3 is 0 Å². The first kappa shape index (κ1) is 11.8. The van der Waals surface area contributed by atoms with E-state index < -0.39 is 0 Å². The fourth-order valence-electron chi connectivity index (χ4n) is 2.31. The molecule has 1 saturated heterocycles. The van der Waals surface area contributed by atoms with Crippen molar-refractivity contribution < 1.29 is 4.74 Å². The van der Waals surface area contributed by atoms with E-state index in [2.05, 4.69) is 34.3 Å². The lowest BCUT2D eigenvalue weighted by Gasteiger charge is -2.36. The van der Waals surface area contributed by atoms with Crippen molar-refractivity contribution in [1.82, 2.24) is 0 Å². The average Bonchev–Trinajstić information content (AvgIpc) is 2.01. The Labute approximate surface area is 88.5 Å². The van der Waals surface area contributed by atoms with E-state index in [1.165, 1.54) is 24.8 Å². The van der Waals surface area contributed by atoms with Crippen LogP contribution in [0.15, 0.2) is 12.2 Å². The molecule has 82 valence electrons. The zero-order valence-electron chi connectivity index (χ0n) is 10.0. The summed E-state index contributed by atoms with van der Waals surface area (Å²) in [6.07, 6.45) is 4.47. The summed E-state index contributed by atoms with van der Waals surface area (Å²) >= 11 is 0. The van der Waals surface area contributed by atoms with Crippen LogP contribution in [-0.2, 0) is 4.74 Å². The Morgan fingerprint density at radius 3 is 2.57 bits per heavy atom. The van der Waals surface area contributed by atoms with Gasteiger partial charge in [-0.15, -0.1) is 0 Å². The number of hydrogen-bond donors (Lipinski definition) is 0. The second-order valence-electron chi connectivity index (χ2n) is 5.14. The molecule has 1 fully saturated rings. The van der Waals surface area contributed by atoms with Gasteiger partial charge in [-0.3, -0.25) is 0 Å². The summed E-state index contributed by atoms with van der Waals surface area (Å²) in [4.78, 5) is 0. The normalized spacial score (nSPS) is 33.4. The third kappa shape index (κ3) is 3.13. The standard InChI is InChI=1S/C13H24O/c1-9(2)8-13-12(10(3)4)7-6-11(5)14-13/h9,11-13H,3,6-8H2,1-2,4-5H3/t11-,12+,13+/m1/s1. The van der Waals surface area contributed by atoms with Gasteiger partial charge in [0.15, 0.2) is 0 Å². The summed E-state index contributed by atoms with van der Waals surface area (Å²) in [6, 6.07) is 0. The minimum Gasteiger partial charge on any atom is -0.375 e. The van der Waals surface area contributed by atoms with Crippen LogP contribution in [0.4, 0.5) is 0 Å². The molecule has 1 aliphatic heterocycles. The van der Waals surface area contributed by atoms with Crippen LogP contribution in [0, 0.1) is 11.8 Å². The van der Waals surface area contributed by atoms with Crippen molar-refractivity contribution in [3.63, 3.8) is 0 Å². The fraction of sp³-hybridized carbons (Fsp3) is 0.846. The minimum atomic E-state index is 0.413. The molecule has 0 N–H and O–H groups in total. The molecule has 1 heteroatoms. The van der Waals surface area contributed by atoms with Crippen molar-refractivity contribution in [2.75, 3.05) is 0 Å². The van der Waals surface area contributed by atoms with E-state index in [1.54, 1.807) is 0 Å². The topological polar surface area (TPSA) is 9.23 Å². The van der Waals surface area contributed by atoms with Crippen molar-refractivity contribution in [3.05, 3.63) is 12.2 Å². The van der Waals surface area contributed by atoms with Gasteiger partial charge in [0, 0.05) is 5.92 Å². The van der Waals surface area contributed by atoms with E-state index >= 15 is 0 Å². The Morgan fingerprint density at radius 2 is 2.07 bits per heavy atom. The van der Waals surface area contributed by atoms with Crippen molar-refractivity contribution in [3.8, 4) is 0 Å². The van der Waals surface area contributed by atoms with Gasteiger partial charge in [0.25, 0.3) is 0 Å². The summed E-state index contributed by atoms with van der Waals surface area (Å²) in [6.45, 7) is 12.9. The number of ether oxygens (including phenoxy) is 1. The SMILES string of the molecule is C=C(C)[C@@H]1CC[C@@H](C)O[C@H]1CC(C)C. The van der Waals surface area contributed by atoms with E-state index in [0.717, 1.165) is 0 Å². The van der Waals surface area contributed by atoms with Gasteiger partial charge in [0.2, 0.25) is 0 Å². The molecule has 0 aromatic rings. The maximum atomic E-state index is 6.01. The first-order valence-corrected chi connectivity index (χ1v) is 5.81. The molecule has 14 heavy (non-hydrogen) atoms. The largest absolute Gasteiger partial charge is 0.375 e. The van der Waals surface area contributed by atoms with Gasteiger partial charge in [-0.25, -0.2) is 0 Å². The first-order valence-electron chi connectivity index (χ1n) is 5.81. The van der Waals surface area contributed by atoms with E-state index in [-0.39, 0.29) is 0 Å². The lowest BCUT2D eigenvalue weighted by molar-refractivity contribution is -0.0732. The lowest BCUT2D eigenvalue weighted by Crippen LogP contribution is -2.35. The highest BCUT2D eigenvalue weighted by Gasteiger charge is 2.29. The van der Waals surface area contributed by atoms with Gasteiger partial charge in [-0.05, 0) is 39.0 Å². The molecule has 1 aliphatic rings. The molecule has 0 aromatic carbocycles. The monoisotopic (exact) mass is 196 g/mol. The Bertz CT molecular complexity index is 193. The van der Waals surface area contributed by atoms with Gasteiger partial charge < -0.3 is 4.74 Å². The summed E-state index contributed by atoms with van der Waals surface area (Å²) in [5.41, 5.74) is 1.29. The molecule has 0 spiro atoms. The van der Waals surface area contributed by atoms with Crippen LogP contribution < -0.4 is 0 Å². The van der Waals surface area contributed by atoms with E-state index in [4.69, 9.17) is 4.74 Å². The molecule has 0 saturated carbocycles. The van der Waals surface area contributed by atoms with Crippen LogP contribution in [0.3, 0.4) is 0 Å². The third-order valence-corrected chi connectivity index (χ3v) is 3.08. The maximum absolute atomic E-state index is 6.01. The number of hydrogen-bond acceptors (Lipinski definition) is 1. The minimum absolute atomic E-state index is 0.413. The molecule has 3 atom stereocenters. The predicted molar refractivity (Wildman–Crippen MR) is 61.3 cm³/mol. The van der Waals surface area contributed by atoms with Crippen LogP contribution in [0.2, 0.25) is 0 Å². The molecule has 1 rings (SSSR count). The Hall–Kier alpha value is -0.300. The van der Waals surface area contributed by atoms with Gasteiger partial charge in [0.05, 0.1) is 12.2 Å². The predicted octanol–water partition coefficient (Wildman–Crippen LogP) is 3.79. The molecule has 1 heterocycles. The summed E-state index contributed by atoms with van der Waals surface area (Å²) in [7, 11) is 0. The second-order valence-corrected chi connectivity index (χ2v) is 5.14. The van der Waals surface area contributed by atoms with E-state index in [1.807, 2.05) is 0 Å². The molecule has 0 radical (unpaired) electrons. The summed E-state index contributed by atoms with van der Waals surface area (Å²) in [5, 5.41) is 0. The lowest BCUT2D eigenvalue weighted by atomic mass is 9.83. The second kappa shape index (κ2) is 4.97. The smallest absolute Gasteiger partial charge is 0.0646 e. The van der Waals surface area contributed by atoms with Gasteiger partial charge in [-0.2, -0.15) is 0 Å².